The minimum atomic E-state index is -4.53. The number of nitrogens with one attached hydrogen (secondary N) is 1. The van der Waals surface area contributed by atoms with Gasteiger partial charge >= 0.3 is 12.2 Å². The van der Waals surface area contributed by atoms with Gasteiger partial charge in [-0.3, -0.25) is 0 Å². The number of aromatic nitrogens is 6. The molecule has 0 aromatic carbocycles. The van der Waals surface area contributed by atoms with Crippen molar-refractivity contribution in [1.29, 1.82) is 0 Å². The molecule has 32 heavy (non-hydrogen) atoms. The summed E-state index contributed by atoms with van der Waals surface area (Å²) in [5.41, 5.74) is 0.957. The molecule has 1 aliphatic rings. The highest BCUT2D eigenvalue weighted by atomic mass is 32.1. The quantitative estimate of drug-likeness (QED) is 0.462. The Labute approximate surface area is 185 Å². The fourth-order valence-corrected chi connectivity index (χ4v) is 4.87. The van der Waals surface area contributed by atoms with E-state index >= 15 is 0 Å². The lowest BCUT2D eigenvalue weighted by molar-refractivity contribution is -0.147. The molecular weight excluding hydrogens is 443 g/mol. The number of H-pyrrole nitrogens is 1. The van der Waals surface area contributed by atoms with E-state index in [0.717, 1.165) is 33.2 Å². The number of nitrogens with zero attached hydrogens (tertiary/aromatic N) is 6. The van der Waals surface area contributed by atoms with E-state index in [4.69, 9.17) is 4.74 Å². The third kappa shape index (κ3) is 3.90. The molecule has 1 N–H and O–H groups in total. The second-order valence-corrected chi connectivity index (χ2v) is 8.65. The zero-order chi connectivity index (χ0) is 22.3. The molecule has 5 rings (SSSR count). The van der Waals surface area contributed by atoms with Gasteiger partial charge in [0.2, 0.25) is 5.82 Å². The van der Waals surface area contributed by atoms with Crippen molar-refractivity contribution in [3.8, 4) is 6.01 Å². The summed E-state index contributed by atoms with van der Waals surface area (Å²) in [4.78, 5) is 16.1. The molecule has 0 saturated heterocycles. The maximum atomic E-state index is 13.2. The molecule has 5 heterocycles. The van der Waals surface area contributed by atoms with Crippen molar-refractivity contribution in [2.75, 3.05) is 11.4 Å². The first kappa shape index (κ1) is 20.7. The molecule has 0 fully saturated rings. The van der Waals surface area contributed by atoms with Crippen molar-refractivity contribution in [2.24, 2.45) is 0 Å². The molecule has 4 aromatic rings. The largest absolute Gasteiger partial charge is 0.458 e. The maximum Gasteiger partial charge on any atom is 0.451 e. The summed E-state index contributed by atoms with van der Waals surface area (Å²) in [6.07, 6.45) is 1.03. The van der Waals surface area contributed by atoms with Crippen molar-refractivity contribution in [3.05, 3.63) is 46.6 Å². The van der Waals surface area contributed by atoms with Gasteiger partial charge in [0.15, 0.2) is 5.82 Å². The SMILES string of the molecule is CCCc1cc2c(N3CCn4c(nnc4C(F)(F)F)C3)nc(OCc3cc[nH]c3)nc2s1. The summed E-state index contributed by atoms with van der Waals surface area (Å²) < 4.78 is 46.5. The number of fused-ring (bicyclic) bond motifs is 2. The van der Waals surface area contributed by atoms with Gasteiger partial charge in [-0.05, 0) is 18.6 Å². The third-order valence-electron chi connectivity index (χ3n) is 5.24. The summed E-state index contributed by atoms with van der Waals surface area (Å²) in [6, 6.07) is 4.20. The molecule has 1 aliphatic heterocycles. The zero-order valence-electron chi connectivity index (χ0n) is 17.2. The molecule has 12 heteroatoms. The van der Waals surface area contributed by atoms with E-state index in [2.05, 4.69) is 38.1 Å². The van der Waals surface area contributed by atoms with Crippen LogP contribution in [-0.4, -0.2) is 36.3 Å². The van der Waals surface area contributed by atoms with Gasteiger partial charge in [-0.15, -0.1) is 21.5 Å². The van der Waals surface area contributed by atoms with E-state index < -0.39 is 12.0 Å². The minimum Gasteiger partial charge on any atom is -0.458 e. The number of aromatic amines is 1. The fraction of sp³-hybridized carbons (Fsp3) is 0.400. The van der Waals surface area contributed by atoms with Gasteiger partial charge in [0.05, 0.1) is 11.9 Å². The van der Waals surface area contributed by atoms with Crippen LogP contribution in [0.4, 0.5) is 19.0 Å². The number of anilines is 1. The highest BCUT2D eigenvalue weighted by Gasteiger charge is 2.39. The highest BCUT2D eigenvalue weighted by molar-refractivity contribution is 7.18. The van der Waals surface area contributed by atoms with Gasteiger partial charge in [0, 0.05) is 35.9 Å². The average Bonchev–Trinajstić information content (AvgIpc) is 3.49. The lowest BCUT2D eigenvalue weighted by atomic mass is 10.2. The maximum absolute atomic E-state index is 13.2. The Morgan fingerprint density at radius 3 is 2.84 bits per heavy atom. The molecule has 0 radical (unpaired) electrons. The second kappa shape index (κ2) is 8.08. The van der Waals surface area contributed by atoms with Crippen LogP contribution < -0.4 is 9.64 Å². The van der Waals surface area contributed by atoms with Gasteiger partial charge < -0.3 is 19.2 Å². The van der Waals surface area contributed by atoms with Crippen molar-refractivity contribution in [2.45, 2.75) is 45.6 Å². The van der Waals surface area contributed by atoms with E-state index in [1.165, 1.54) is 4.88 Å². The molecular formula is C20H20F3N7OS. The van der Waals surface area contributed by atoms with E-state index in [-0.39, 0.29) is 24.9 Å². The van der Waals surface area contributed by atoms with Crippen molar-refractivity contribution in [1.82, 2.24) is 29.7 Å². The fourth-order valence-electron chi connectivity index (χ4n) is 3.76. The molecule has 0 spiro atoms. The molecule has 168 valence electrons. The molecule has 8 nitrogen and oxygen atoms in total. The van der Waals surface area contributed by atoms with Crippen LogP contribution in [0.15, 0.2) is 24.5 Å². The standard InChI is InChI=1S/C20H20F3N7OS/c1-2-3-13-8-14-16(25-19(26-17(14)32-13)31-11-12-4-5-24-9-12)29-6-7-30-15(10-29)27-28-18(30)20(21,22)23/h4-5,8-9,24H,2-3,6-7,10-11H2,1H3. The Morgan fingerprint density at radius 2 is 2.09 bits per heavy atom. The summed E-state index contributed by atoms with van der Waals surface area (Å²) in [5.74, 6) is -0.0640. The normalized spacial score (nSPS) is 14.2. The van der Waals surface area contributed by atoms with Crippen LogP contribution in [0.3, 0.4) is 0 Å². The van der Waals surface area contributed by atoms with E-state index in [1.807, 2.05) is 23.4 Å². The number of ether oxygens (including phenoxy) is 1. The number of hydrogen-bond donors (Lipinski definition) is 1. The topological polar surface area (TPSA) is 84.8 Å². The van der Waals surface area contributed by atoms with Crippen LogP contribution in [0.2, 0.25) is 0 Å². The molecule has 0 unspecified atom stereocenters. The monoisotopic (exact) mass is 463 g/mol. The Morgan fingerprint density at radius 1 is 1.22 bits per heavy atom. The van der Waals surface area contributed by atoms with Crippen LogP contribution in [-0.2, 0) is 32.3 Å². The van der Waals surface area contributed by atoms with Crippen LogP contribution in [0, 0.1) is 0 Å². The Kier molecular flexibility index (Phi) is 5.24. The number of hydrogen-bond acceptors (Lipinski definition) is 7. The molecule has 0 saturated carbocycles. The Hall–Kier alpha value is -3.15. The van der Waals surface area contributed by atoms with Crippen LogP contribution in [0.5, 0.6) is 6.01 Å². The van der Waals surface area contributed by atoms with Gasteiger partial charge in [0.25, 0.3) is 0 Å². The van der Waals surface area contributed by atoms with Crippen molar-refractivity contribution in [3.63, 3.8) is 0 Å². The van der Waals surface area contributed by atoms with Gasteiger partial charge in [-0.25, -0.2) is 0 Å². The van der Waals surface area contributed by atoms with Crippen LogP contribution in [0.1, 0.15) is 35.4 Å². The smallest absolute Gasteiger partial charge is 0.451 e. The number of thiophene rings is 1. The third-order valence-corrected chi connectivity index (χ3v) is 6.32. The lowest BCUT2D eigenvalue weighted by Crippen LogP contribution is -2.36. The van der Waals surface area contributed by atoms with Gasteiger partial charge in [0.1, 0.15) is 17.3 Å². The van der Waals surface area contributed by atoms with E-state index in [1.54, 1.807) is 11.3 Å². The summed E-state index contributed by atoms with van der Waals surface area (Å²) in [5, 5.41) is 8.02. The Bertz CT molecular complexity index is 1230. The molecule has 0 amide bonds. The molecule has 0 aliphatic carbocycles. The van der Waals surface area contributed by atoms with Crippen molar-refractivity contribution >= 4 is 27.4 Å². The number of rotatable bonds is 6. The van der Waals surface area contributed by atoms with Gasteiger partial charge in [-0.1, -0.05) is 13.3 Å². The molecule has 4 aromatic heterocycles. The summed E-state index contributed by atoms with van der Waals surface area (Å²) in [6.45, 7) is 3.05. The first-order valence-electron chi connectivity index (χ1n) is 10.2. The minimum absolute atomic E-state index is 0.119. The molecule has 0 bridgehead atoms. The predicted octanol–water partition coefficient (Wildman–Crippen LogP) is 4.18. The van der Waals surface area contributed by atoms with Crippen LogP contribution >= 0.6 is 11.3 Å². The van der Waals surface area contributed by atoms with Crippen molar-refractivity contribution < 1.29 is 17.9 Å². The first-order chi connectivity index (χ1) is 15.4. The number of aryl methyl sites for hydroxylation is 1. The summed E-state index contributed by atoms with van der Waals surface area (Å²) in [7, 11) is 0. The molecule has 0 atom stereocenters. The van der Waals surface area contributed by atoms with E-state index in [9.17, 15) is 13.2 Å². The van der Waals surface area contributed by atoms with Crippen LogP contribution in [0.25, 0.3) is 10.2 Å². The highest BCUT2D eigenvalue weighted by Crippen LogP contribution is 2.36. The first-order valence-corrected chi connectivity index (χ1v) is 11.0. The second-order valence-electron chi connectivity index (χ2n) is 7.53. The lowest BCUT2D eigenvalue weighted by Gasteiger charge is -2.29. The number of halogens is 3. The summed E-state index contributed by atoms with van der Waals surface area (Å²) >= 11 is 1.58. The predicted molar refractivity (Wildman–Crippen MR) is 113 cm³/mol. The van der Waals surface area contributed by atoms with Gasteiger partial charge in [-0.2, -0.15) is 23.1 Å². The Balaban J connectivity index is 1.49. The number of alkyl halides is 3. The average molecular weight is 463 g/mol. The zero-order valence-corrected chi connectivity index (χ0v) is 18.0. The van der Waals surface area contributed by atoms with E-state index in [0.29, 0.717) is 19.0 Å².